The van der Waals surface area contributed by atoms with Crippen molar-refractivity contribution in [3.63, 3.8) is 0 Å². The molecule has 1 fully saturated rings. The van der Waals surface area contributed by atoms with Crippen molar-refractivity contribution in [2.45, 2.75) is 65.5 Å². The topological polar surface area (TPSA) is 37.0 Å². The van der Waals surface area contributed by atoms with Gasteiger partial charge in [-0.2, -0.15) is 0 Å². The number of hydrogen-bond acceptors (Lipinski definition) is 5. The highest BCUT2D eigenvalue weighted by Gasteiger charge is 2.30. The number of nitrogens with one attached hydrogen (secondary N) is 1. The Morgan fingerprint density at radius 3 is 2.45 bits per heavy atom. The molecule has 2 aliphatic heterocycles. The molecule has 5 rings (SSSR count). The van der Waals surface area contributed by atoms with E-state index in [-0.39, 0.29) is 6.17 Å². The van der Waals surface area contributed by atoms with E-state index in [1.54, 1.807) is 0 Å². The predicted octanol–water partition coefficient (Wildman–Crippen LogP) is 8.08. The van der Waals surface area contributed by atoms with Gasteiger partial charge in [-0.15, -0.1) is 0 Å². The van der Waals surface area contributed by atoms with Gasteiger partial charge in [0.25, 0.3) is 0 Å². The van der Waals surface area contributed by atoms with Gasteiger partial charge < -0.3 is 19.7 Å². The molecule has 3 aromatic rings. The highest BCUT2D eigenvalue weighted by Crippen LogP contribution is 2.44. The van der Waals surface area contributed by atoms with E-state index in [0.29, 0.717) is 0 Å². The molecule has 3 aromatic carbocycles. The third kappa shape index (κ3) is 6.44. The first-order valence-corrected chi connectivity index (χ1v) is 14.5. The summed E-state index contributed by atoms with van der Waals surface area (Å²) in [7, 11) is 0. The fourth-order valence-electron chi connectivity index (χ4n) is 5.51. The van der Waals surface area contributed by atoms with Crippen molar-refractivity contribution in [1.82, 2.24) is 4.90 Å². The number of unbranched alkanes of at least 4 members (excludes halogenated alkanes) is 2. The van der Waals surface area contributed by atoms with E-state index < -0.39 is 0 Å². The quantitative estimate of drug-likeness (QED) is 0.262. The summed E-state index contributed by atoms with van der Waals surface area (Å²) in [5, 5.41) is 3.78. The second kappa shape index (κ2) is 12.6. The van der Waals surface area contributed by atoms with Gasteiger partial charge >= 0.3 is 0 Å². The molecule has 2 heterocycles. The first kappa shape index (κ1) is 26.4. The zero-order valence-corrected chi connectivity index (χ0v) is 23.3. The number of anilines is 2. The zero-order valence-electron chi connectivity index (χ0n) is 23.3. The number of nitrogens with zero attached hydrogens (tertiary/aromatic N) is 2. The van der Waals surface area contributed by atoms with Crippen molar-refractivity contribution in [2.75, 3.05) is 43.0 Å². The lowest BCUT2D eigenvalue weighted by Crippen LogP contribution is -2.33. The van der Waals surface area contributed by atoms with E-state index >= 15 is 0 Å². The fourth-order valence-corrected chi connectivity index (χ4v) is 5.51. The van der Waals surface area contributed by atoms with E-state index in [0.717, 1.165) is 49.1 Å². The Balaban J connectivity index is 1.31. The van der Waals surface area contributed by atoms with Crippen LogP contribution in [0.3, 0.4) is 0 Å². The number of piperidine rings is 1. The first-order valence-electron chi connectivity index (χ1n) is 14.5. The van der Waals surface area contributed by atoms with Crippen molar-refractivity contribution >= 4 is 11.4 Å². The van der Waals surface area contributed by atoms with Gasteiger partial charge in [-0.3, -0.25) is 4.90 Å². The lowest BCUT2D eigenvalue weighted by molar-refractivity contribution is 0.183. The summed E-state index contributed by atoms with van der Waals surface area (Å²) < 4.78 is 12.5. The Kier molecular flexibility index (Phi) is 8.75. The van der Waals surface area contributed by atoms with Crippen molar-refractivity contribution in [3.05, 3.63) is 77.4 Å². The molecule has 1 saturated heterocycles. The molecular formula is C33H43N3O2. The van der Waals surface area contributed by atoms with E-state index in [9.17, 15) is 0 Å². The van der Waals surface area contributed by atoms with Crippen molar-refractivity contribution in [3.8, 4) is 17.2 Å². The van der Waals surface area contributed by atoms with Gasteiger partial charge in [0.15, 0.2) is 0 Å². The highest BCUT2D eigenvalue weighted by molar-refractivity contribution is 5.78. The Hall–Kier alpha value is -3.18. The molecule has 0 aromatic heterocycles. The minimum Gasteiger partial charge on any atom is -0.492 e. The predicted molar refractivity (Wildman–Crippen MR) is 158 cm³/mol. The summed E-state index contributed by atoms with van der Waals surface area (Å²) in [5.74, 6) is 2.69. The Labute approximate surface area is 228 Å². The molecule has 0 saturated carbocycles. The average Bonchev–Trinajstić information content (AvgIpc) is 3.30. The van der Waals surface area contributed by atoms with Gasteiger partial charge in [-0.1, -0.05) is 44.4 Å². The third-order valence-corrected chi connectivity index (χ3v) is 7.90. The van der Waals surface area contributed by atoms with Crippen LogP contribution in [0.5, 0.6) is 17.2 Å². The van der Waals surface area contributed by atoms with Gasteiger partial charge in [-0.25, -0.2) is 0 Å². The summed E-state index contributed by atoms with van der Waals surface area (Å²) in [6, 6.07) is 21.3. The molecule has 202 valence electrons. The van der Waals surface area contributed by atoms with Crippen LogP contribution in [0.1, 0.15) is 68.3 Å². The largest absolute Gasteiger partial charge is 0.492 e. The summed E-state index contributed by atoms with van der Waals surface area (Å²) in [4.78, 5) is 5.02. The number of likely N-dealkylation sites (tertiary alicyclic amines) is 1. The monoisotopic (exact) mass is 513 g/mol. The number of aryl methyl sites for hydroxylation is 2. The summed E-state index contributed by atoms with van der Waals surface area (Å²) in [6.45, 7) is 11.7. The Bertz CT molecular complexity index is 1200. The van der Waals surface area contributed by atoms with E-state index in [4.69, 9.17) is 9.47 Å². The zero-order chi connectivity index (χ0) is 26.3. The molecule has 1 unspecified atom stereocenters. The number of benzene rings is 3. The van der Waals surface area contributed by atoms with E-state index in [1.807, 2.05) is 12.1 Å². The van der Waals surface area contributed by atoms with Gasteiger partial charge in [0.05, 0.1) is 11.4 Å². The van der Waals surface area contributed by atoms with Crippen molar-refractivity contribution in [2.24, 2.45) is 0 Å². The minimum atomic E-state index is 0.0637. The summed E-state index contributed by atoms with van der Waals surface area (Å²) >= 11 is 0. The van der Waals surface area contributed by atoms with Crippen molar-refractivity contribution < 1.29 is 9.47 Å². The average molecular weight is 514 g/mol. The maximum atomic E-state index is 6.27. The van der Waals surface area contributed by atoms with Crippen LogP contribution < -0.4 is 19.7 Å². The normalized spacial score (nSPS) is 17.2. The van der Waals surface area contributed by atoms with Crippen LogP contribution in [0.2, 0.25) is 0 Å². The third-order valence-electron chi connectivity index (χ3n) is 7.90. The molecule has 5 heteroatoms. The molecule has 0 aliphatic carbocycles. The van der Waals surface area contributed by atoms with Crippen LogP contribution in [-0.2, 0) is 0 Å². The number of fused-ring (bicyclic) bond motifs is 1. The standard InChI is InChI=1S/C33H43N3O2/c1-4-5-7-19-36-32-24-28(37-21-20-35-17-8-6-9-18-35)15-16-31(32)34-33(36)27-11-10-12-29(23-27)38-30-14-13-25(2)26(3)22-30/h10-16,22-24,33-34H,4-9,17-21H2,1-3H3. The second-order valence-corrected chi connectivity index (χ2v) is 10.8. The first-order chi connectivity index (χ1) is 18.6. The van der Waals surface area contributed by atoms with Gasteiger partial charge in [0.1, 0.15) is 30.0 Å². The van der Waals surface area contributed by atoms with Crippen LogP contribution in [-0.4, -0.2) is 37.7 Å². The van der Waals surface area contributed by atoms with E-state index in [1.165, 1.54) is 67.6 Å². The van der Waals surface area contributed by atoms with Crippen molar-refractivity contribution in [1.29, 1.82) is 0 Å². The number of rotatable bonds is 11. The maximum Gasteiger partial charge on any atom is 0.127 e. The van der Waals surface area contributed by atoms with Crippen LogP contribution in [0.25, 0.3) is 0 Å². The van der Waals surface area contributed by atoms with Gasteiger partial charge in [0, 0.05) is 19.2 Å². The molecule has 0 bridgehead atoms. The molecular weight excluding hydrogens is 470 g/mol. The van der Waals surface area contributed by atoms with Crippen LogP contribution >= 0.6 is 0 Å². The van der Waals surface area contributed by atoms with Gasteiger partial charge in [-0.05, 0) is 99.3 Å². The Morgan fingerprint density at radius 1 is 0.816 bits per heavy atom. The molecule has 5 nitrogen and oxygen atoms in total. The van der Waals surface area contributed by atoms with Crippen LogP contribution in [0, 0.1) is 13.8 Å². The lowest BCUT2D eigenvalue weighted by Gasteiger charge is -2.28. The fraction of sp³-hybridized carbons (Fsp3) is 0.455. The molecule has 0 spiro atoms. The maximum absolute atomic E-state index is 6.27. The SMILES string of the molecule is CCCCCN1c2cc(OCCN3CCCCC3)ccc2NC1c1cccc(Oc2ccc(C)c(C)c2)c1. The summed E-state index contributed by atoms with van der Waals surface area (Å²) in [5.41, 5.74) is 6.10. The van der Waals surface area contributed by atoms with Crippen LogP contribution in [0.15, 0.2) is 60.7 Å². The number of ether oxygens (including phenoxy) is 2. The molecule has 38 heavy (non-hydrogen) atoms. The minimum absolute atomic E-state index is 0.0637. The van der Waals surface area contributed by atoms with Gasteiger partial charge in [0.2, 0.25) is 0 Å². The highest BCUT2D eigenvalue weighted by atomic mass is 16.5. The molecule has 0 amide bonds. The molecule has 1 N–H and O–H groups in total. The molecule has 2 aliphatic rings. The second-order valence-electron chi connectivity index (χ2n) is 10.8. The molecule has 0 radical (unpaired) electrons. The lowest BCUT2D eigenvalue weighted by atomic mass is 10.1. The molecule has 1 atom stereocenters. The smallest absolute Gasteiger partial charge is 0.127 e. The van der Waals surface area contributed by atoms with Crippen LogP contribution in [0.4, 0.5) is 11.4 Å². The van der Waals surface area contributed by atoms with E-state index in [2.05, 4.69) is 84.4 Å². The summed E-state index contributed by atoms with van der Waals surface area (Å²) in [6.07, 6.45) is 7.65. The number of hydrogen-bond donors (Lipinski definition) is 1. The Morgan fingerprint density at radius 2 is 1.63 bits per heavy atom.